The summed E-state index contributed by atoms with van der Waals surface area (Å²) in [6.07, 6.45) is 1.10. The summed E-state index contributed by atoms with van der Waals surface area (Å²) in [5, 5.41) is 0. The Labute approximate surface area is 108 Å². The number of aromatic nitrogens is 2. The number of halogens is 1. The minimum atomic E-state index is 0.550. The van der Waals surface area contributed by atoms with Gasteiger partial charge in [0.2, 0.25) is 5.95 Å². The van der Waals surface area contributed by atoms with E-state index in [1.54, 1.807) is 0 Å². The van der Waals surface area contributed by atoms with Gasteiger partial charge in [0.25, 0.3) is 0 Å². The van der Waals surface area contributed by atoms with Crippen LogP contribution < -0.4 is 5.73 Å². The SMILES string of the molecule is Nc1nc2ccc(Br)cc2n1CC1CCOC1. The number of nitrogen functional groups attached to an aromatic ring is 1. The Morgan fingerprint density at radius 3 is 3.18 bits per heavy atom. The number of hydrogen-bond acceptors (Lipinski definition) is 3. The second-order valence-electron chi connectivity index (χ2n) is 4.44. The lowest BCUT2D eigenvalue weighted by Crippen LogP contribution is -2.12. The maximum Gasteiger partial charge on any atom is 0.201 e. The van der Waals surface area contributed by atoms with Crippen molar-refractivity contribution in [2.75, 3.05) is 18.9 Å². The topological polar surface area (TPSA) is 53.1 Å². The summed E-state index contributed by atoms with van der Waals surface area (Å²) in [5.41, 5.74) is 8.01. The van der Waals surface area contributed by atoms with E-state index in [-0.39, 0.29) is 0 Å². The maximum absolute atomic E-state index is 5.98. The van der Waals surface area contributed by atoms with Gasteiger partial charge in [-0.05, 0) is 24.6 Å². The molecule has 1 aliphatic rings. The zero-order valence-corrected chi connectivity index (χ0v) is 11.0. The third-order valence-electron chi connectivity index (χ3n) is 3.20. The van der Waals surface area contributed by atoms with E-state index in [1.165, 1.54) is 0 Å². The molecule has 90 valence electrons. The molecule has 1 aromatic carbocycles. The Balaban J connectivity index is 2.01. The summed E-state index contributed by atoms with van der Waals surface area (Å²) in [6, 6.07) is 6.03. The largest absolute Gasteiger partial charge is 0.381 e. The molecule has 17 heavy (non-hydrogen) atoms. The van der Waals surface area contributed by atoms with Gasteiger partial charge in [0.05, 0.1) is 17.6 Å². The van der Waals surface area contributed by atoms with Crippen molar-refractivity contribution in [3.8, 4) is 0 Å². The van der Waals surface area contributed by atoms with Gasteiger partial charge in [-0.2, -0.15) is 0 Å². The molecule has 2 N–H and O–H groups in total. The van der Waals surface area contributed by atoms with Gasteiger partial charge in [-0.1, -0.05) is 15.9 Å². The molecule has 3 rings (SSSR count). The van der Waals surface area contributed by atoms with Crippen LogP contribution in [0.25, 0.3) is 11.0 Å². The quantitative estimate of drug-likeness (QED) is 0.926. The van der Waals surface area contributed by atoms with Crippen LogP contribution in [0.15, 0.2) is 22.7 Å². The summed E-state index contributed by atoms with van der Waals surface area (Å²) in [4.78, 5) is 4.38. The standard InChI is InChI=1S/C12H14BrN3O/c13-9-1-2-10-11(5-9)16(12(14)15-10)6-8-3-4-17-7-8/h1-2,5,8H,3-4,6-7H2,(H2,14,15). The van der Waals surface area contributed by atoms with Gasteiger partial charge in [-0.25, -0.2) is 4.98 Å². The number of benzene rings is 1. The van der Waals surface area contributed by atoms with Crippen LogP contribution in [-0.4, -0.2) is 22.8 Å². The third kappa shape index (κ3) is 2.05. The van der Waals surface area contributed by atoms with Crippen LogP contribution in [0.4, 0.5) is 5.95 Å². The molecule has 0 amide bonds. The first kappa shape index (κ1) is 11.0. The molecule has 5 heteroatoms. The van der Waals surface area contributed by atoms with E-state index in [1.807, 2.05) is 12.1 Å². The summed E-state index contributed by atoms with van der Waals surface area (Å²) < 4.78 is 8.53. The number of imidazole rings is 1. The van der Waals surface area contributed by atoms with Gasteiger partial charge in [0.15, 0.2) is 0 Å². The number of rotatable bonds is 2. The average molecular weight is 296 g/mol. The minimum absolute atomic E-state index is 0.550. The molecule has 0 saturated carbocycles. The molecule has 1 atom stereocenters. The molecule has 0 aliphatic carbocycles. The first-order valence-electron chi connectivity index (χ1n) is 5.73. The normalized spacial score (nSPS) is 20.2. The molecule has 0 bridgehead atoms. The van der Waals surface area contributed by atoms with Crippen molar-refractivity contribution in [3.63, 3.8) is 0 Å². The molecule has 1 saturated heterocycles. The van der Waals surface area contributed by atoms with Gasteiger partial charge in [0.1, 0.15) is 0 Å². The molecule has 1 unspecified atom stereocenters. The van der Waals surface area contributed by atoms with Crippen LogP contribution >= 0.6 is 15.9 Å². The molecule has 0 spiro atoms. The summed E-state index contributed by atoms with van der Waals surface area (Å²) in [7, 11) is 0. The van der Waals surface area contributed by atoms with Crippen LogP contribution in [0.3, 0.4) is 0 Å². The van der Waals surface area contributed by atoms with Gasteiger partial charge in [-0.15, -0.1) is 0 Å². The molecule has 2 heterocycles. The Morgan fingerprint density at radius 1 is 1.53 bits per heavy atom. The second kappa shape index (κ2) is 4.31. The molecular weight excluding hydrogens is 282 g/mol. The Hall–Kier alpha value is -1.07. The fourth-order valence-corrected chi connectivity index (χ4v) is 2.64. The van der Waals surface area contributed by atoms with Crippen LogP contribution in [-0.2, 0) is 11.3 Å². The lowest BCUT2D eigenvalue weighted by Gasteiger charge is -2.11. The minimum Gasteiger partial charge on any atom is -0.381 e. The van der Waals surface area contributed by atoms with E-state index in [0.717, 1.165) is 41.7 Å². The number of fused-ring (bicyclic) bond motifs is 1. The summed E-state index contributed by atoms with van der Waals surface area (Å²) in [6.45, 7) is 2.58. The van der Waals surface area contributed by atoms with E-state index >= 15 is 0 Å². The van der Waals surface area contributed by atoms with Crippen molar-refractivity contribution in [1.29, 1.82) is 0 Å². The monoisotopic (exact) mass is 295 g/mol. The van der Waals surface area contributed by atoms with Crippen molar-refractivity contribution in [2.24, 2.45) is 5.92 Å². The van der Waals surface area contributed by atoms with Crippen LogP contribution in [0.2, 0.25) is 0 Å². The van der Waals surface area contributed by atoms with Gasteiger partial charge in [-0.3, -0.25) is 0 Å². The van der Waals surface area contributed by atoms with Gasteiger partial charge >= 0.3 is 0 Å². The number of nitrogens with zero attached hydrogens (tertiary/aromatic N) is 2. The van der Waals surface area contributed by atoms with Crippen LogP contribution in [0.1, 0.15) is 6.42 Å². The highest BCUT2D eigenvalue weighted by Crippen LogP contribution is 2.25. The van der Waals surface area contributed by atoms with Crippen LogP contribution in [0.5, 0.6) is 0 Å². The Kier molecular flexibility index (Phi) is 2.80. The average Bonchev–Trinajstić information content (AvgIpc) is 2.90. The van der Waals surface area contributed by atoms with Gasteiger partial charge in [0, 0.05) is 23.5 Å². The molecular formula is C12H14BrN3O. The van der Waals surface area contributed by atoms with E-state index in [2.05, 4.69) is 31.5 Å². The highest BCUT2D eigenvalue weighted by atomic mass is 79.9. The molecule has 2 aromatic rings. The molecule has 1 fully saturated rings. The van der Waals surface area contributed by atoms with E-state index in [9.17, 15) is 0 Å². The second-order valence-corrected chi connectivity index (χ2v) is 5.36. The Morgan fingerprint density at radius 2 is 2.41 bits per heavy atom. The number of ether oxygens (including phenoxy) is 1. The maximum atomic E-state index is 5.98. The fraction of sp³-hybridized carbons (Fsp3) is 0.417. The molecule has 0 radical (unpaired) electrons. The van der Waals surface area contributed by atoms with Crippen molar-refractivity contribution < 1.29 is 4.74 Å². The highest BCUT2D eigenvalue weighted by Gasteiger charge is 2.18. The zero-order valence-electron chi connectivity index (χ0n) is 9.40. The predicted octanol–water partition coefficient (Wildman–Crippen LogP) is 2.42. The van der Waals surface area contributed by atoms with E-state index in [4.69, 9.17) is 10.5 Å². The fourth-order valence-electron chi connectivity index (χ4n) is 2.29. The first-order chi connectivity index (χ1) is 8.24. The van der Waals surface area contributed by atoms with Crippen molar-refractivity contribution in [1.82, 2.24) is 9.55 Å². The van der Waals surface area contributed by atoms with E-state index < -0.39 is 0 Å². The predicted molar refractivity (Wildman–Crippen MR) is 70.8 cm³/mol. The molecule has 1 aromatic heterocycles. The number of nitrogens with two attached hydrogens (primary N) is 1. The van der Waals surface area contributed by atoms with Crippen LogP contribution in [0, 0.1) is 5.92 Å². The number of hydrogen-bond donors (Lipinski definition) is 1. The Bertz CT molecular complexity index is 546. The van der Waals surface area contributed by atoms with Crippen molar-refractivity contribution >= 4 is 32.9 Å². The van der Waals surface area contributed by atoms with E-state index in [0.29, 0.717) is 11.9 Å². The lowest BCUT2D eigenvalue weighted by molar-refractivity contribution is 0.183. The molecule has 4 nitrogen and oxygen atoms in total. The third-order valence-corrected chi connectivity index (χ3v) is 3.70. The highest BCUT2D eigenvalue weighted by molar-refractivity contribution is 9.10. The van der Waals surface area contributed by atoms with Crippen molar-refractivity contribution in [3.05, 3.63) is 22.7 Å². The summed E-state index contributed by atoms with van der Waals surface area (Å²) >= 11 is 3.48. The zero-order chi connectivity index (χ0) is 11.8. The lowest BCUT2D eigenvalue weighted by atomic mass is 10.1. The summed E-state index contributed by atoms with van der Waals surface area (Å²) in [5.74, 6) is 1.14. The van der Waals surface area contributed by atoms with Gasteiger partial charge < -0.3 is 15.0 Å². The van der Waals surface area contributed by atoms with Crippen molar-refractivity contribution in [2.45, 2.75) is 13.0 Å². The number of anilines is 1. The first-order valence-corrected chi connectivity index (χ1v) is 6.52. The smallest absolute Gasteiger partial charge is 0.201 e. The molecule has 1 aliphatic heterocycles.